The van der Waals surface area contributed by atoms with Gasteiger partial charge in [-0.15, -0.1) is 0 Å². The van der Waals surface area contributed by atoms with E-state index in [1.54, 1.807) is 0 Å². The van der Waals surface area contributed by atoms with Crippen LogP contribution in [-0.4, -0.2) is 20.0 Å². The lowest BCUT2D eigenvalue weighted by Crippen LogP contribution is -2.09. The summed E-state index contributed by atoms with van der Waals surface area (Å²) < 4.78 is 0. The van der Waals surface area contributed by atoms with Gasteiger partial charge in [0.15, 0.2) is 0 Å². The quantitative estimate of drug-likeness (QED) is 0.281. The van der Waals surface area contributed by atoms with Crippen molar-refractivity contribution in [2.24, 2.45) is 5.73 Å². The van der Waals surface area contributed by atoms with E-state index >= 15 is 0 Å². The second kappa shape index (κ2) is 25.7. The number of primary amides is 1. The van der Waals surface area contributed by atoms with Crippen molar-refractivity contribution in [3.05, 3.63) is 0 Å². The summed E-state index contributed by atoms with van der Waals surface area (Å²) in [6, 6.07) is 0. The van der Waals surface area contributed by atoms with Crippen LogP contribution in [-0.2, 0) is 4.79 Å². The van der Waals surface area contributed by atoms with Gasteiger partial charge in [-0.2, -0.15) is 0 Å². The Bertz CT molecular complexity index is 244. The molecule has 0 aliphatic rings. The zero-order valence-electron chi connectivity index (χ0n) is 17.7. The van der Waals surface area contributed by atoms with Gasteiger partial charge >= 0.3 is 0 Å². The van der Waals surface area contributed by atoms with Crippen LogP contribution in [0.3, 0.4) is 0 Å². The van der Waals surface area contributed by atoms with E-state index in [9.17, 15) is 4.79 Å². The highest BCUT2D eigenvalue weighted by atomic mass is 16.1. The standard InChI is InChI=1S/C20H41NO.C2H7N/c1-2-3-4-5-6-7-8-9-10-11-12-13-14-15-16-17-18-19-20(21)22;1-3-2/h2-19H2,1H3,(H2,21,22);3H,1-2H3. The Kier molecular flexibility index (Phi) is 27.4. The molecular formula is C22H48N2O. The highest BCUT2D eigenvalue weighted by Gasteiger charge is 1.96. The van der Waals surface area contributed by atoms with Gasteiger partial charge in [0.1, 0.15) is 0 Å². The lowest BCUT2D eigenvalue weighted by atomic mass is 10.0. The van der Waals surface area contributed by atoms with Gasteiger partial charge in [-0.1, -0.05) is 110 Å². The summed E-state index contributed by atoms with van der Waals surface area (Å²) in [5.74, 6) is -0.152. The molecule has 3 heteroatoms. The molecule has 0 fully saturated rings. The van der Waals surface area contributed by atoms with Gasteiger partial charge in [0.2, 0.25) is 5.91 Å². The molecule has 0 aromatic carbocycles. The van der Waals surface area contributed by atoms with E-state index in [-0.39, 0.29) is 5.91 Å². The van der Waals surface area contributed by atoms with Crippen LogP contribution >= 0.6 is 0 Å². The SMILES string of the molecule is CCCCCCCCCCCCCCCCCCCC(N)=O.CNC. The average molecular weight is 357 g/mol. The van der Waals surface area contributed by atoms with Crippen LogP contribution < -0.4 is 11.1 Å². The number of amides is 1. The first-order valence-electron chi connectivity index (χ1n) is 11.1. The minimum Gasteiger partial charge on any atom is -0.370 e. The fraction of sp³-hybridized carbons (Fsp3) is 0.955. The highest BCUT2D eigenvalue weighted by Crippen LogP contribution is 2.14. The Morgan fingerprint density at radius 3 is 1.08 bits per heavy atom. The summed E-state index contributed by atoms with van der Waals surface area (Å²) in [5.41, 5.74) is 5.12. The lowest BCUT2D eigenvalue weighted by molar-refractivity contribution is -0.118. The van der Waals surface area contributed by atoms with E-state index in [2.05, 4.69) is 12.2 Å². The predicted octanol–water partition coefficient (Wildman–Crippen LogP) is 6.35. The molecule has 0 aliphatic heterocycles. The van der Waals surface area contributed by atoms with Gasteiger partial charge in [0.25, 0.3) is 0 Å². The van der Waals surface area contributed by atoms with Crippen molar-refractivity contribution in [2.75, 3.05) is 14.1 Å². The minimum absolute atomic E-state index is 0.152. The topological polar surface area (TPSA) is 55.1 Å². The van der Waals surface area contributed by atoms with E-state index in [0.29, 0.717) is 6.42 Å². The van der Waals surface area contributed by atoms with Crippen molar-refractivity contribution in [3.8, 4) is 0 Å². The summed E-state index contributed by atoms with van der Waals surface area (Å²) in [5, 5.41) is 2.75. The summed E-state index contributed by atoms with van der Waals surface area (Å²) in [7, 11) is 3.75. The third-order valence-corrected chi connectivity index (χ3v) is 4.53. The largest absolute Gasteiger partial charge is 0.370 e. The molecule has 0 saturated heterocycles. The Hall–Kier alpha value is -0.570. The molecule has 0 unspecified atom stereocenters. The van der Waals surface area contributed by atoms with Crippen LogP contribution in [0.1, 0.15) is 122 Å². The molecule has 0 aromatic heterocycles. The molecule has 0 radical (unpaired) electrons. The number of nitrogens with two attached hydrogens (primary N) is 1. The lowest BCUT2D eigenvalue weighted by Gasteiger charge is -2.03. The first-order valence-corrected chi connectivity index (χ1v) is 11.1. The maximum Gasteiger partial charge on any atom is 0.217 e. The molecule has 0 spiro atoms. The van der Waals surface area contributed by atoms with Crippen LogP contribution in [0.5, 0.6) is 0 Å². The van der Waals surface area contributed by atoms with Gasteiger partial charge in [-0.05, 0) is 20.5 Å². The number of carbonyl (C=O) groups is 1. The molecule has 0 bridgehead atoms. The summed E-state index contributed by atoms with van der Waals surface area (Å²) in [6.45, 7) is 2.28. The normalized spacial score (nSPS) is 10.4. The van der Waals surface area contributed by atoms with Crippen molar-refractivity contribution < 1.29 is 4.79 Å². The summed E-state index contributed by atoms with van der Waals surface area (Å²) >= 11 is 0. The molecule has 0 atom stereocenters. The van der Waals surface area contributed by atoms with Crippen molar-refractivity contribution in [1.29, 1.82) is 0 Å². The zero-order valence-corrected chi connectivity index (χ0v) is 17.7. The van der Waals surface area contributed by atoms with E-state index in [4.69, 9.17) is 5.73 Å². The highest BCUT2D eigenvalue weighted by molar-refractivity contribution is 5.73. The number of hydrogen-bond donors (Lipinski definition) is 2. The fourth-order valence-electron chi connectivity index (χ4n) is 3.02. The Labute approximate surface area is 158 Å². The molecule has 3 nitrogen and oxygen atoms in total. The molecule has 0 saturated carbocycles. The Morgan fingerprint density at radius 1 is 0.600 bits per heavy atom. The first-order chi connectivity index (χ1) is 12.2. The van der Waals surface area contributed by atoms with Gasteiger partial charge in [0, 0.05) is 6.42 Å². The molecule has 3 N–H and O–H groups in total. The van der Waals surface area contributed by atoms with Crippen molar-refractivity contribution in [3.63, 3.8) is 0 Å². The number of rotatable bonds is 18. The number of unbranched alkanes of at least 4 members (excludes halogenated alkanes) is 16. The second-order valence-electron chi connectivity index (χ2n) is 7.37. The third kappa shape index (κ3) is 31.7. The summed E-state index contributed by atoms with van der Waals surface area (Å²) in [4.78, 5) is 10.6. The molecule has 0 rings (SSSR count). The number of hydrogen-bond acceptors (Lipinski definition) is 2. The Balaban J connectivity index is 0. The predicted molar refractivity (Wildman–Crippen MR) is 113 cm³/mol. The van der Waals surface area contributed by atoms with Crippen LogP contribution in [0.15, 0.2) is 0 Å². The Morgan fingerprint density at radius 2 is 0.840 bits per heavy atom. The van der Waals surface area contributed by atoms with E-state index in [0.717, 1.165) is 6.42 Å². The molecule has 0 aliphatic carbocycles. The van der Waals surface area contributed by atoms with Crippen LogP contribution in [0, 0.1) is 0 Å². The third-order valence-electron chi connectivity index (χ3n) is 4.53. The minimum atomic E-state index is -0.152. The maximum absolute atomic E-state index is 10.6. The molecule has 1 amide bonds. The average Bonchev–Trinajstić information content (AvgIpc) is 2.58. The number of carbonyl (C=O) groups excluding carboxylic acids is 1. The first kappa shape index (κ1) is 26.7. The molecule has 25 heavy (non-hydrogen) atoms. The van der Waals surface area contributed by atoms with E-state index in [1.165, 1.54) is 103 Å². The fourth-order valence-corrected chi connectivity index (χ4v) is 3.02. The molecule has 0 heterocycles. The van der Waals surface area contributed by atoms with Crippen molar-refractivity contribution in [2.45, 2.75) is 122 Å². The monoisotopic (exact) mass is 356 g/mol. The second-order valence-corrected chi connectivity index (χ2v) is 7.37. The van der Waals surface area contributed by atoms with Gasteiger partial charge < -0.3 is 11.1 Å². The molecule has 0 aromatic rings. The van der Waals surface area contributed by atoms with Crippen LogP contribution in [0.25, 0.3) is 0 Å². The van der Waals surface area contributed by atoms with E-state index < -0.39 is 0 Å². The molecule has 152 valence electrons. The summed E-state index contributed by atoms with van der Waals surface area (Å²) in [6.07, 6.45) is 23.8. The van der Waals surface area contributed by atoms with Crippen molar-refractivity contribution in [1.82, 2.24) is 5.32 Å². The van der Waals surface area contributed by atoms with Gasteiger partial charge in [0.05, 0.1) is 0 Å². The van der Waals surface area contributed by atoms with E-state index in [1.807, 2.05) is 14.1 Å². The maximum atomic E-state index is 10.6. The van der Waals surface area contributed by atoms with Crippen LogP contribution in [0.2, 0.25) is 0 Å². The smallest absolute Gasteiger partial charge is 0.217 e. The zero-order chi connectivity index (χ0) is 19.0. The number of nitrogens with one attached hydrogen (secondary N) is 1. The van der Waals surface area contributed by atoms with Gasteiger partial charge in [-0.3, -0.25) is 4.79 Å². The molecular weight excluding hydrogens is 308 g/mol. The van der Waals surface area contributed by atoms with Crippen molar-refractivity contribution >= 4 is 5.91 Å². The van der Waals surface area contributed by atoms with Gasteiger partial charge in [-0.25, -0.2) is 0 Å². The van der Waals surface area contributed by atoms with Crippen LogP contribution in [0.4, 0.5) is 0 Å².